The van der Waals surface area contributed by atoms with Crippen molar-refractivity contribution in [2.75, 3.05) is 13.2 Å². The lowest BCUT2D eigenvalue weighted by atomic mass is 10.2. The van der Waals surface area contributed by atoms with E-state index in [9.17, 15) is 4.79 Å². The molecule has 9 heteroatoms. The summed E-state index contributed by atoms with van der Waals surface area (Å²) >= 11 is 0. The molecule has 1 fully saturated rings. The van der Waals surface area contributed by atoms with Gasteiger partial charge in [-0.25, -0.2) is 9.97 Å². The Morgan fingerprint density at radius 3 is 2.89 bits per heavy atom. The van der Waals surface area contributed by atoms with Gasteiger partial charge in [0.15, 0.2) is 11.6 Å². The highest BCUT2D eigenvalue weighted by atomic mass is 16.5. The largest absolute Gasteiger partial charge is 0.368 e. The Kier molecular flexibility index (Phi) is 5.10. The fourth-order valence-electron chi connectivity index (χ4n) is 2.75. The minimum atomic E-state index is -0.254. The van der Waals surface area contributed by atoms with Crippen LogP contribution >= 0.6 is 0 Å². The maximum atomic E-state index is 12.2. The smallest absolute Gasteiger partial charge is 0.255 e. The van der Waals surface area contributed by atoms with Crippen molar-refractivity contribution < 1.29 is 14.1 Å². The molecule has 27 heavy (non-hydrogen) atoms. The number of carbonyl (C=O) groups is 1. The first kappa shape index (κ1) is 17.2. The van der Waals surface area contributed by atoms with Gasteiger partial charge in [0, 0.05) is 49.9 Å². The van der Waals surface area contributed by atoms with E-state index < -0.39 is 0 Å². The van der Waals surface area contributed by atoms with Gasteiger partial charge in [-0.2, -0.15) is 4.98 Å². The molecule has 1 unspecified atom stereocenters. The molecule has 1 N–H and O–H groups in total. The van der Waals surface area contributed by atoms with E-state index in [1.165, 1.54) is 12.4 Å². The highest BCUT2D eigenvalue weighted by Crippen LogP contribution is 2.26. The lowest BCUT2D eigenvalue weighted by Crippen LogP contribution is -2.26. The molecule has 9 nitrogen and oxygen atoms in total. The van der Waals surface area contributed by atoms with Gasteiger partial charge < -0.3 is 14.6 Å². The highest BCUT2D eigenvalue weighted by molar-refractivity contribution is 5.93. The average molecular weight is 366 g/mol. The van der Waals surface area contributed by atoms with Gasteiger partial charge in [0.25, 0.3) is 11.8 Å². The zero-order chi connectivity index (χ0) is 18.5. The van der Waals surface area contributed by atoms with E-state index in [1.807, 2.05) is 12.1 Å². The molecule has 4 rings (SSSR count). The summed E-state index contributed by atoms with van der Waals surface area (Å²) in [6.45, 7) is 1.10. The monoisotopic (exact) mass is 366 g/mol. The summed E-state index contributed by atoms with van der Waals surface area (Å²) in [7, 11) is 0. The molecule has 0 aromatic carbocycles. The number of rotatable bonds is 6. The third-order valence-electron chi connectivity index (χ3n) is 4.16. The number of pyridine rings is 1. The number of carbonyl (C=O) groups excluding carboxylic acids is 1. The van der Waals surface area contributed by atoms with Crippen molar-refractivity contribution in [1.82, 2.24) is 30.4 Å². The van der Waals surface area contributed by atoms with Crippen LogP contribution in [-0.4, -0.2) is 44.2 Å². The van der Waals surface area contributed by atoms with E-state index in [-0.39, 0.29) is 12.0 Å². The van der Waals surface area contributed by atoms with Crippen LogP contribution < -0.4 is 5.32 Å². The Morgan fingerprint density at radius 2 is 2.15 bits per heavy atom. The van der Waals surface area contributed by atoms with Gasteiger partial charge in [0.2, 0.25) is 0 Å². The van der Waals surface area contributed by atoms with Crippen molar-refractivity contribution in [2.24, 2.45) is 0 Å². The molecule has 1 atom stereocenters. The maximum absolute atomic E-state index is 12.2. The lowest BCUT2D eigenvalue weighted by molar-refractivity contribution is 0.0835. The summed E-state index contributed by atoms with van der Waals surface area (Å²) in [5.74, 6) is 1.32. The predicted molar refractivity (Wildman–Crippen MR) is 93.5 cm³/mol. The van der Waals surface area contributed by atoms with Crippen molar-refractivity contribution in [3.8, 4) is 11.4 Å². The molecular formula is C18H18N6O3. The lowest BCUT2D eigenvalue weighted by Gasteiger charge is -2.04. The third kappa shape index (κ3) is 4.14. The Bertz CT molecular complexity index is 891. The molecule has 3 aromatic rings. The zero-order valence-electron chi connectivity index (χ0n) is 14.5. The predicted octanol–water partition coefficient (Wildman–Crippen LogP) is 1.75. The van der Waals surface area contributed by atoms with Crippen LogP contribution in [0.25, 0.3) is 11.4 Å². The Hall–Kier alpha value is -3.20. The maximum Gasteiger partial charge on any atom is 0.255 e. The van der Waals surface area contributed by atoms with Crippen molar-refractivity contribution in [3.63, 3.8) is 0 Å². The average Bonchev–Trinajstić information content (AvgIpc) is 3.40. The fraction of sp³-hybridized carbons (Fsp3) is 0.333. The second-order valence-corrected chi connectivity index (χ2v) is 6.09. The number of hydrogen-bond acceptors (Lipinski definition) is 8. The van der Waals surface area contributed by atoms with E-state index in [2.05, 4.69) is 30.4 Å². The summed E-state index contributed by atoms with van der Waals surface area (Å²) < 4.78 is 10.7. The second kappa shape index (κ2) is 8.00. The Labute approximate surface area is 155 Å². The number of hydrogen-bond donors (Lipinski definition) is 1. The minimum absolute atomic E-state index is 0.101. The van der Waals surface area contributed by atoms with E-state index in [0.717, 1.165) is 25.0 Å². The normalized spacial score (nSPS) is 16.4. The van der Waals surface area contributed by atoms with Crippen molar-refractivity contribution in [3.05, 3.63) is 54.2 Å². The molecule has 1 saturated heterocycles. The van der Waals surface area contributed by atoms with Gasteiger partial charge in [-0.05, 0) is 25.0 Å². The fourth-order valence-corrected chi connectivity index (χ4v) is 2.75. The second-order valence-electron chi connectivity index (χ2n) is 6.09. The van der Waals surface area contributed by atoms with Crippen LogP contribution in [0.5, 0.6) is 0 Å². The number of nitrogens with one attached hydrogen (secondary N) is 1. The first-order valence-electron chi connectivity index (χ1n) is 8.74. The van der Waals surface area contributed by atoms with Crippen LogP contribution in [0, 0.1) is 0 Å². The molecule has 3 aromatic heterocycles. The zero-order valence-corrected chi connectivity index (χ0v) is 14.5. The quantitative estimate of drug-likeness (QED) is 0.701. The van der Waals surface area contributed by atoms with Gasteiger partial charge in [0.05, 0.1) is 5.56 Å². The van der Waals surface area contributed by atoms with Crippen LogP contribution in [0.2, 0.25) is 0 Å². The molecule has 138 valence electrons. The summed E-state index contributed by atoms with van der Waals surface area (Å²) in [5, 5.41) is 6.73. The molecule has 1 amide bonds. The van der Waals surface area contributed by atoms with Crippen LogP contribution in [0.3, 0.4) is 0 Å². The van der Waals surface area contributed by atoms with E-state index in [1.54, 1.807) is 12.4 Å². The Balaban J connectivity index is 1.29. The van der Waals surface area contributed by atoms with Crippen molar-refractivity contribution in [1.29, 1.82) is 0 Å². The number of ether oxygens (including phenoxy) is 1. The molecule has 1 aliphatic rings. The standard InChI is InChI=1S/C18H18N6O3/c25-17(13-10-21-16(22-11-13)12-3-1-6-19-9-12)20-7-5-15-23-18(27-24-15)14-4-2-8-26-14/h1,3,6,9-11,14H,2,4-5,7-8H2,(H,20,25). The van der Waals surface area contributed by atoms with Gasteiger partial charge in [-0.3, -0.25) is 9.78 Å². The van der Waals surface area contributed by atoms with Gasteiger partial charge >= 0.3 is 0 Å². The molecule has 0 bridgehead atoms. The molecular weight excluding hydrogens is 348 g/mol. The van der Waals surface area contributed by atoms with Gasteiger partial charge in [0.1, 0.15) is 6.10 Å². The minimum Gasteiger partial charge on any atom is -0.368 e. The summed E-state index contributed by atoms with van der Waals surface area (Å²) in [4.78, 5) is 29.0. The van der Waals surface area contributed by atoms with E-state index in [4.69, 9.17) is 9.26 Å². The SMILES string of the molecule is O=C(NCCc1noc(C2CCCO2)n1)c1cnc(-c2cccnc2)nc1. The van der Waals surface area contributed by atoms with E-state index in [0.29, 0.717) is 36.1 Å². The number of amides is 1. The first-order valence-corrected chi connectivity index (χ1v) is 8.74. The molecule has 4 heterocycles. The molecule has 0 aliphatic carbocycles. The Morgan fingerprint density at radius 1 is 1.26 bits per heavy atom. The van der Waals surface area contributed by atoms with Crippen molar-refractivity contribution in [2.45, 2.75) is 25.4 Å². The van der Waals surface area contributed by atoms with Gasteiger partial charge in [-0.1, -0.05) is 5.16 Å². The van der Waals surface area contributed by atoms with Crippen LogP contribution in [0.1, 0.15) is 41.0 Å². The molecule has 1 aliphatic heterocycles. The number of aromatic nitrogens is 5. The summed E-state index contributed by atoms with van der Waals surface area (Å²) in [5.41, 5.74) is 1.18. The summed E-state index contributed by atoms with van der Waals surface area (Å²) in [6.07, 6.45) is 8.60. The van der Waals surface area contributed by atoms with Crippen LogP contribution in [0.4, 0.5) is 0 Å². The number of nitrogens with zero attached hydrogens (tertiary/aromatic N) is 5. The summed E-state index contributed by atoms with van der Waals surface area (Å²) in [6, 6.07) is 3.67. The third-order valence-corrected chi connectivity index (χ3v) is 4.16. The van der Waals surface area contributed by atoms with Crippen LogP contribution in [0.15, 0.2) is 41.4 Å². The molecule has 0 radical (unpaired) electrons. The first-order chi connectivity index (χ1) is 13.3. The molecule has 0 saturated carbocycles. The van der Waals surface area contributed by atoms with Crippen molar-refractivity contribution >= 4 is 5.91 Å². The van der Waals surface area contributed by atoms with E-state index >= 15 is 0 Å². The van der Waals surface area contributed by atoms with Crippen LogP contribution in [-0.2, 0) is 11.2 Å². The topological polar surface area (TPSA) is 116 Å². The van der Waals surface area contributed by atoms with Gasteiger partial charge in [-0.15, -0.1) is 0 Å². The molecule has 0 spiro atoms. The highest BCUT2D eigenvalue weighted by Gasteiger charge is 2.23.